The van der Waals surface area contributed by atoms with E-state index in [0.717, 1.165) is 27.6 Å². The SMILES string of the molecule is C=C(Sc1ccccc1N)c1c(C)nc(NCC2CC2)nc1N[C@@H]1CC[C@@H](O)[C@@]1(C)O. The second kappa shape index (κ2) is 8.68. The van der Waals surface area contributed by atoms with Crippen molar-refractivity contribution in [3.8, 4) is 0 Å². The zero-order chi connectivity index (χ0) is 22.2. The highest BCUT2D eigenvalue weighted by Crippen LogP contribution is 2.41. The minimum Gasteiger partial charge on any atom is -0.398 e. The number of nitrogen functional groups attached to an aromatic ring is 1. The van der Waals surface area contributed by atoms with Gasteiger partial charge in [-0.15, -0.1) is 0 Å². The van der Waals surface area contributed by atoms with Crippen molar-refractivity contribution in [2.45, 2.75) is 62.2 Å². The molecular weight excluding hydrogens is 410 g/mol. The zero-order valence-electron chi connectivity index (χ0n) is 18.1. The maximum atomic E-state index is 10.8. The summed E-state index contributed by atoms with van der Waals surface area (Å²) in [7, 11) is 0. The van der Waals surface area contributed by atoms with Gasteiger partial charge >= 0.3 is 0 Å². The van der Waals surface area contributed by atoms with E-state index in [4.69, 9.17) is 10.7 Å². The molecule has 8 heteroatoms. The van der Waals surface area contributed by atoms with Crippen LogP contribution in [-0.2, 0) is 0 Å². The number of aliphatic hydroxyl groups is 2. The second-order valence-corrected chi connectivity index (χ2v) is 9.90. The summed E-state index contributed by atoms with van der Waals surface area (Å²) in [6.45, 7) is 8.73. The molecule has 0 unspecified atom stereocenters. The lowest BCUT2D eigenvalue weighted by molar-refractivity contribution is -0.0439. The van der Waals surface area contributed by atoms with E-state index in [1.807, 2.05) is 31.2 Å². The lowest BCUT2D eigenvalue weighted by Crippen LogP contribution is -2.47. The standard InChI is InChI=1S/C23H31N5O2S/c1-13-20(14(2)31-17-7-5-4-6-16(17)24)21(27-18-10-11-19(29)23(18,3)30)28-22(26-13)25-12-15-8-9-15/h4-7,15,18-19,29-30H,2,8-12,24H2,1,3H3,(H2,25,26,27,28)/t18-,19-,23+/m1/s1. The average Bonchev–Trinajstić information content (AvgIpc) is 3.51. The van der Waals surface area contributed by atoms with E-state index in [2.05, 4.69) is 22.2 Å². The summed E-state index contributed by atoms with van der Waals surface area (Å²) in [5.74, 6) is 1.86. The van der Waals surface area contributed by atoms with E-state index in [9.17, 15) is 10.2 Å². The molecule has 2 aliphatic carbocycles. The van der Waals surface area contributed by atoms with Crippen LogP contribution < -0.4 is 16.4 Å². The van der Waals surface area contributed by atoms with Crippen LogP contribution in [0.25, 0.3) is 4.91 Å². The third-order valence-electron chi connectivity index (χ3n) is 6.19. The number of nitrogens with two attached hydrogens (primary N) is 1. The zero-order valence-corrected chi connectivity index (χ0v) is 18.9. The first-order valence-corrected chi connectivity index (χ1v) is 11.6. The van der Waals surface area contributed by atoms with Crippen LogP contribution in [0.2, 0.25) is 0 Å². The molecule has 4 rings (SSSR count). The largest absolute Gasteiger partial charge is 0.398 e. The molecule has 166 valence electrons. The normalized spacial score (nSPS) is 25.4. The molecule has 0 aliphatic heterocycles. The molecule has 0 amide bonds. The number of thioether (sulfide) groups is 1. The van der Waals surface area contributed by atoms with E-state index >= 15 is 0 Å². The molecule has 31 heavy (non-hydrogen) atoms. The number of para-hydroxylation sites is 1. The van der Waals surface area contributed by atoms with Crippen molar-refractivity contribution in [1.82, 2.24) is 9.97 Å². The maximum Gasteiger partial charge on any atom is 0.224 e. The molecule has 1 aromatic carbocycles. The van der Waals surface area contributed by atoms with Gasteiger partial charge in [-0.25, -0.2) is 4.98 Å². The Morgan fingerprint density at radius 3 is 2.65 bits per heavy atom. The van der Waals surface area contributed by atoms with Crippen LogP contribution in [-0.4, -0.2) is 44.5 Å². The van der Waals surface area contributed by atoms with Crippen LogP contribution in [0.1, 0.15) is 43.9 Å². The van der Waals surface area contributed by atoms with Crippen molar-refractivity contribution in [1.29, 1.82) is 0 Å². The topological polar surface area (TPSA) is 116 Å². The first-order chi connectivity index (χ1) is 14.8. The monoisotopic (exact) mass is 441 g/mol. The number of aromatic nitrogens is 2. The van der Waals surface area contributed by atoms with Crippen molar-refractivity contribution >= 4 is 34.1 Å². The van der Waals surface area contributed by atoms with Gasteiger partial charge in [-0.2, -0.15) is 4.98 Å². The van der Waals surface area contributed by atoms with Crippen molar-refractivity contribution in [2.24, 2.45) is 5.92 Å². The Morgan fingerprint density at radius 2 is 2.00 bits per heavy atom. The third kappa shape index (κ3) is 4.81. The number of aliphatic hydroxyl groups excluding tert-OH is 1. The highest BCUT2D eigenvalue weighted by molar-refractivity contribution is 8.08. The number of nitrogens with zero attached hydrogens (tertiary/aromatic N) is 2. The maximum absolute atomic E-state index is 10.8. The second-order valence-electron chi connectivity index (χ2n) is 8.76. The predicted molar refractivity (Wildman–Crippen MR) is 127 cm³/mol. The summed E-state index contributed by atoms with van der Waals surface area (Å²) >= 11 is 1.47. The Labute approximate surface area is 187 Å². The number of nitrogens with one attached hydrogen (secondary N) is 2. The van der Waals surface area contributed by atoms with E-state index < -0.39 is 11.7 Å². The molecule has 7 nitrogen and oxygen atoms in total. The van der Waals surface area contributed by atoms with Gasteiger partial charge in [-0.3, -0.25) is 0 Å². The van der Waals surface area contributed by atoms with Gasteiger partial charge in [0.05, 0.1) is 23.4 Å². The van der Waals surface area contributed by atoms with Crippen LogP contribution in [0.5, 0.6) is 0 Å². The van der Waals surface area contributed by atoms with E-state index in [-0.39, 0.29) is 6.04 Å². The first kappa shape index (κ1) is 21.9. The van der Waals surface area contributed by atoms with Crippen molar-refractivity contribution < 1.29 is 10.2 Å². The molecule has 2 aliphatic rings. The van der Waals surface area contributed by atoms with Gasteiger partial charge in [0.2, 0.25) is 5.95 Å². The van der Waals surface area contributed by atoms with E-state index in [1.165, 1.54) is 24.6 Å². The third-order valence-corrected chi connectivity index (χ3v) is 7.23. The van der Waals surface area contributed by atoms with Gasteiger partial charge in [0.15, 0.2) is 0 Å². The fraction of sp³-hybridized carbons (Fsp3) is 0.478. The Bertz CT molecular complexity index is 976. The molecule has 0 spiro atoms. The van der Waals surface area contributed by atoms with Crippen molar-refractivity contribution in [2.75, 3.05) is 22.9 Å². The quantitative estimate of drug-likeness (QED) is 0.311. The summed E-state index contributed by atoms with van der Waals surface area (Å²) in [4.78, 5) is 11.1. The van der Waals surface area contributed by atoms with Crippen LogP contribution in [0.3, 0.4) is 0 Å². The highest BCUT2D eigenvalue weighted by Gasteiger charge is 2.45. The Kier molecular flexibility index (Phi) is 6.14. The predicted octanol–water partition coefficient (Wildman–Crippen LogP) is 3.64. The molecule has 0 bridgehead atoms. The lowest BCUT2D eigenvalue weighted by atomic mass is 9.98. The lowest BCUT2D eigenvalue weighted by Gasteiger charge is -2.30. The Hall–Kier alpha value is -2.29. The number of hydrogen-bond acceptors (Lipinski definition) is 8. The van der Waals surface area contributed by atoms with Crippen LogP contribution in [0.15, 0.2) is 35.7 Å². The molecule has 0 radical (unpaired) electrons. The molecule has 2 aromatic rings. The number of anilines is 3. The molecule has 0 saturated heterocycles. The van der Waals surface area contributed by atoms with Gasteiger partial charge in [0, 0.05) is 22.0 Å². The summed E-state index contributed by atoms with van der Waals surface area (Å²) in [6, 6.07) is 7.33. The van der Waals surface area contributed by atoms with Crippen molar-refractivity contribution in [3.63, 3.8) is 0 Å². The highest BCUT2D eigenvalue weighted by atomic mass is 32.2. The summed E-state index contributed by atoms with van der Waals surface area (Å²) < 4.78 is 0. The summed E-state index contributed by atoms with van der Waals surface area (Å²) in [6.07, 6.45) is 2.89. The van der Waals surface area contributed by atoms with Gasteiger partial charge in [-0.1, -0.05) is 30.5 Å². The minimum atomic E-state index is -1.24. The molecule has 1 aromatic heterocycles. The van der Waals surface area contributed by atoms with Crippen LogP contribution in [0, 0.1) is 12.8 Å². The van der Waals surface area contributed by atoms with Gasteiger partial charge < -0.3 is 26.6 Å². The fourth-order valence-corrected chi connectivity index (χ4v) is 4.87. The summed E-state index contributed by atoms with van der Waals surface area (Å²) in [5.41, 5.74) is 7.16. The number of hydrogen-bond donors (Lipinski definition) is 5. The van der Waals surface area contributed by atoms with Gasteiger partial charge in [-0.05, 0) is 57.6 Å². The molecule has 6 N–H and O–H groups in total. The molecule has 1 heterocycles. The number of rotatable bonds is 8. The fourth-order valence-electron chi connectivity index (χ4n) is 3.93. The van der Waals surface area contributed by atoms with E-state index in [0.29, 0.717) is 36.2 Å². The Balaban J connectivity index is 1.65. The summed E-state index contributed by atoms with van der Waals surface area (Å²) in [5, 5.41) is 27.7. The molecular formula is C23H31N5O2S. The van der Waals surface area contributed by atoms with Crippen LogP contribution in [0.4, 0.5) is 17.5 Å². The molecule has 2 fully saturated rings. The number of benzene rings is 1. The van der Waals surface area contributed by atoms with Gasteiger partial charge in [0.1, 0.15) is 11.4 Å². The molecule has 3 atom stereocenters. The average molecular weight is 442 g/mol. The van der Waals surface area contributed by atoms with Crippen molar-refractivity contribution in [3.05, 3.63) is 42.1 Å². The number of aryl methyl sites for hydroxylation is 1. The smallest absolute Gasteiger partial charge is 0.224 e. The first-order valence-electron chi connectivity index (χ1n) is 10.8. The minimum absolute atomic E-state index is 0.327. The Morgan fingerprint density at radius 1 is 1.26 bits per heavy atom. The molecule has 2 saturated carbocycles. The van der Waals surface area contributed by atoms with Crippen LogP contribution >= 0.6 is 11.8 Å². The van der Waals surface area contributed by atoms with E-state index in [1.54, 1.807) is 6.92 Å². The van der Waals surface area contributed by atoms with Gasteiger partial charge in [0.25, 0.3) is 0 Å².